The van der Waals surface area contributed by atoms with Crippen LogP contribution in [0, 0.1) is 0 Å². The second kappa shape index (κ2) is 5.34. The van der Waals surface area contributed by atoms with Crippen molar-refractivity contribution in [1.82, 2.24) is 26.5 Å². The average Bonchev–Trinajstić information content (AvgIpc) is 2.24. The summed E-state index contributed by atoms with van der Waals surface area (Å²) in [5.74, 6) is 0. The van der Waals surface area contributed by atoms with Gasteiger partial charge in [0, 0.05) is 5.12 Å². The first-order valence-electron chi connectivity index (χ1n) is 3.24. The topological polar surface area (TPSA) is 16.2 Å². The molecule has 0 bridgehead atoms. The van der Waals surface area contributed by atoms with Gasteiger partial charge in [0.2, 0.25) is 0 Å². The molecule has 0 spiro atoms. The molecule has 0 radical (unpaired) electrons. The summed E-state index contributed by atoms with van der Waals surface area (Å²) in [6, 6.07) is -12.7. The first kappa shape index (κ1) is 17.0. The smallest absolute Gasteiger partial charge is 0.176 e. The molecule has 0 atom stereocenters. The quantitative estimate of drug-likeness (QED) is 0.323. The van der Waals surface area contributed by atoms with Gasteiger partial charge in [-0.2, -0.15) is 8.78 Å². The number of nitrogens with zero attached hydrogens (tertiary/aromatic N) is 5. The first-order chi connectivity index (χ1) is 7.93. The van der Waals surface area contributed by atoms with E-state index in [0.29, 0.717) is 0 Å². The van der Waals surface area contributed by atoms with E-state index in [9.17, 15) is 49.1 Å². The lowest BCUT2D eigenvalue weighted by Crippen LogP contribution is -2.68. The summed E-state index contributed by atoms with van der Waals surface area (Å²) in [5.41, 5.74) is 0. The molecule has 0 aliphatic heterocycles. The second-order valence-corrected chi connectivity index (χ2v) is 2.32. The van der Waals surface area contributed by atoms with Crippen molar-refractivity contribution < 1.29 is 49.1 Å². The fraction of sp³-hybridized carbons (Fsp3) is 1.00. The third-order valence-electron chi connectivity index (χ3n) is 1.36. The van der Waals surface area contributed by atoms with Gasteiger partial charge in [-0.15, -0.1) is 4.48 Å². The van der Waals surface area contributed by atoms with E-state index in [2.05, 4.69) is 0 Å². The normalized spacial score (nSPS) is 14.7. The zero-order valence-corrected chi connectivity index (χ0v) is 7.39. The van der Waals surface area contributed by atoms with Crippen molar-refractivity contribution in [1.29, 1.82) is 0 Å². The van der Waals surface area contributed by atoms with Crippen molar-refractivity contribution in [2.75, 3.05) is 0 Å². The highest BCUT2D eigenvalue weighted by Crippen LogP contribution is 2.40. The van der Waals surface area contributed by atoms with Crippen LogP contribution in [0.3, 0.4) is 0 Å². The zero-order chi connectivity index (χ0) is 14.9. The molecule has 0 amide bonds. The van der Waals surface area contributed by atoms with Crippen molar-refractivity contribution in [2.45, 2.75) is 12.1 Å². The van der Waals surface area contributed by atoms with E-state index < -0.39 is 38.6 Å². The van der Waals surface area contributed by atoms with Crippen molar-refractivity contribution in [2.24, 2.45) is 0 Å². The molecular weight excluding hydrogens is 303 g/mol. The van der Waals surface area contributed by atoms with Crippen LogP contribution in [0.5, 0.6) is 0 Å². The fourth-order valence-corrected chi connectivity index (χ4v) is 0.561. The predicted octanol–water partition coefficient (Wildman–Crippen LogP) is 2.62. The Labute approximate surface area is 89.1 Å². The molecule has 0 aliphatic rings. The highest BCUT2D eigenvalue weighted by atomic mass is 19.4. The molecule has 0 saturated heterocycles. The maximum absolute atomic E-state index is 12.6. The summed E-state index contributed by atoms with van der Waals surface area (Å²) in [5, 5.41) is -17.3. The molecule has 0 aromatic rings. The molecule has 0 unspecified atom stereocenters. The predicted molar refractivity (Wildman–Crippen MR) is 26.8 cm³/mol. The minimum atomic E-state index is -6.35. The van der Waals surface area contributed by atoms with Gasteiger partial charge in [-0.05, 0) is 0 Å². The monoisotopic (exact) mass is 303 g/mol. The highest BCUT2D eigenvalue weighted by molar-refractivity contribution is 4.68. The Hall–Kier alpha value is -0.970. The van der Waals surface area contributed by atoms with Crippen LogP contribution in [-0.4, -0.2) is 38.6 Å². The van der Waals surface area contributed by atoms with E-state index in [1.807, 2.05) is 0 Å². The van der Waals surface area contributed by atoms with Gasteiger partial charge in [-0.3, -0.25) is 0 Å². The SMILES string of the molecule is FN(F)C(F)(N(F)F)N(F)C(F)(N(F)F)N(F)F. The molecule has 0 saturated carbocycles. The van der Waals surface area contributed by atoms with Gasteiger partial charge in [0.05, 0.1) is 21.4 Å². The van der Waals surface area contributed by atoms with Gasteiger partial charge in [-0.1, -0.05) is 35.9 Å². The third kappa shape index (κ3) is 2.41. The summed E-state index contributed by atoms with van der Waals surface area (Å²) in [7, 11) is 0. The molecule has 0 fully saturated rings. The minimum Gasteiger partial charge on any atom is -0.176 e. The van der Waals surface area contributed by atoms with Crippen molar-refractivity contribution >= 4 is 0 Å². The molecule has 0 aromatic carbocycles. The summed E-state index contributed by atoms with van der Waals surface area (Å²) in [4.78, 5) is 0. The Morgan fingerprint density at radius 3 is 0.722 bits per heavy atom. The molecule has 0 aromatic heterocycles. The fourth-order valence-electron chi connectivity index (χ4n) is 0.561. The standard InChI is InChI=1S/C2F11N5/c3-1(15(6)7,16(8)9)14(5)2(4,17(10)11)18(12)13. The van der Waals surface area contributed by atoms with Gasteiger partial charge in [0.25, 0.3) is 0 Å². The number of rotatable bonds is 6. The minimum absolute atomic E-state index is 3.46. The molecule has 16 heteroatoms. The van der Waals surface area contributed by atoms with Crippen LogP contribution in [0.25, 0.3) is 0 Å². The number of hydrogen-bond donors (Lipinski definition) is 0. The van der Waals surface area contributed by atoms with Crippen molar-refractivity contribution in [3.63, 3.8) is 0 Å². The van der Waals surface area contributed by atoms with E-state index in [1.165, 1.54) is 0 Å². The van der Waals surface area contributed by atoms with Crippen LogP contribution in [0.15, 0.2) is 0 Å². The molecule has 18 heavy (non-hydrogen) atoms. The Morgan fingerprint density at radius 2 is 0.611 bits per heavy atom. The molecule has 110 valence electrons. The summed E-state index contributed by atoms with van der Waals surface area (Å²) >= 11 is 0. The maximum Gasteiger partial charge on any atom is 0.420 e. The molecule has 5 nitrogen and oxygen atoms in total. The average molecular weight is 303 g/mol. The maximum atomic E-state index is 12.6. The second-order valence-electron chi connectivity index (χ2n) is 2.32. The number of hydrogen-bond acceptors (Lipinski definition) is 5. The van der Waals surface area contributed by atoms with Gasteiger partial charge < -0.3 is 0 Å². The van der Waals surface area contributed by atoms with Crippen LogP contribution in [0.4, 0.5) is 49.1 Å². The molecule has 0 heterocycles. The largest absolute Gasteiger partial charge is 0.420 e. The van der Waals surface area contributed by atoms with E-state index in [1.54, 1.807) is 0 Å². The summed E-state index contributed by atoms with van der Waals surface area (Å²) in [6.45, 7) is 0. The zero-order valence-electron chi connectivity index (χ0n) is 7.39. The van der Waals surface area contributed by atoms with Crippen molar-refractivity contribution in [3.05, 3.63) is 0 Å². The Bertz CT molecular complexity index is 226. The van der Waals surface area contributed by atoms with Crippen molar-refractivity contribution in [3.8, 4) is 0 Å². The van der Waals surface area contributed by atoms with Gasteiger partial charge in [0.15, 0.2) is 0 Å². The van der Waals surface area contributed by atoms with E-state index in [0.717, 1.165) is 0 Å². The lowest BCUT2D eigenvalue weighted by Gasteiger charge is -2.36. The molecular formula is C2F11N5. The Kier molecular flexibility index (Phi) is 5.06. The van der Waals surface area contributed by atoms with E-state index >= 15 is 0 Å². The Morgan fingerprint density at radius 1 is 0.444 bits per heavy atom. The lowest BCUT2D eigenvalue weighted by atomic mass is 10.6. The van der Waals surface area contributed by atoms with Gasteiger partial charge in [0.1, 0.15) is 0 Å². The number of halogens is 11. The summed E-state index contributed by atoms with van der Waals surface area (Å²) in [6.07, 6.45) is 0. The van der Waals surface area contributed by atoms with Gasteiger partial charge >= 0.3 is 12.1 Å². The highest BCUT2D eigenvalue weighted by Gasteiger charge is 2.70. The Balaban J connectivity index is 5.63. The van der Waals surface area contributed by atoms with Crippen LogP contribution >= 0.6 is 0 Å². The van der Waals surface area contributed by atoms with Crippen LogP contribution in [0.2, 0.25) is 0 Å². The molecule has 0 aliphatic carbocycles. The lowest BCUT2D eigenvalue weighted by molar-refractivity contribution is -0.578. The first-order valence-corrected chi connectivity index (χ1v) is 3.24. The molecule has 0 N–H and O–H groups in total. The third-order valence-corrected chi connectivity index (χ3v) is 1.36. The summed E-state index contributed by atoms with van der Waals surface area (Å²) < 4.78 is 131. The van der Waals surface area contributed by atoms with Crippen LogP contribution in [0.1, 0.15) is 0 Å². The van der Waals surface area contributed by atoms with Crippen LogP contribution < -0.4 is 0 Å². The number of alkyl halides is 2. The van der Waals surface area contributed by atoms with Crippen LogP contribution in [-0.2, 0) is 0 Å². The molecule has 0 rings (SSSR count). The van der Waals surface area contributed by atoms with Gasteiger partial charge in [-0.25, -0.2) is 0 Å². The van der Waals surface area contributed by atoms with E-state index in [-0.39, 0.29) is 0 Å². The van der Waals surface area contributed by atoms with E-state index in [4.69, 9.17) is 0 Å².